The van der Waals surface area contributed by atoms with E-state index < -0.39 is 0 Å². The molecule has 7 heteroatoms. The maximum absolute atomic E-state index is 5.67. The third-order valence-corrected chi connectivity index (χ3v) is 5.78. The molecule has 0 radical (unpaired) electrons. The molecule has 0 atom stereocenters. The van der Waals surface area contributed by atoms with Crippen LogP contribution >= 0.6 is 0 Å². The van der Waals surface area contributed by atoms with Gasteiger partial charge in [-0.05, 0) is 24.0 Å². The van der Waals surface area contributed by atoms with E-state index in [1.165, 1.54) is 5.56 Å². The predicted molar refractivity (Wildman–Crippen MR) is 115 cm³/mol. The lowest BCUT2D eigenvalue weighted by molar-refractivity contribution is 0.0606. The number of hydrogen-bond donors (Lipinski definition) is 2. The molecule has 7 nitrogen and oxygen atoms in total. The number of anilines is 1. The smallest absolute Gasteiger partial charge is 0.219 e. The second-order valence-electron chi connectivity index (χ2n) is 7.49. The van der Waals surface area contributed by atoms with Crippen LogP contribution < -0.4 is 5.73 Å². The van der Waals surface area contributed by atoms with Gasteiger partial charge in [-0.2, -0.15) is 0 Å². The van der Waals surface area contributed by atoms with E-state index >= 15 is 0 Å². The van der Waals surface area contributed by atoms with Crippen molar-refractivity contribution in [2.24, 2.45) is 0 Å². The Morgan fingerprint density at radius 1 is 0.800 bits per heavy atom. The van der Waals surface area contributed by atoms with E-state index in [1.807, 2.05) is 30.3 Å². The highest BCUT2D eigenvalue weighted by Crippen LogP contribution is 2.40. The van der Waals surface area contributed by atoms with Crippen molar-refractivity contribution in [2.45, 2.75) is 18.3 Å². The van der Waals surface area contributed by atoms with Crippen LogP contribution in [0.15, 0.2) is 67.0 Å². The molecule has 3 N–H and O–H groups in total. The fourth-order valence-corrected chi connectivity index (χ4v) is 4.05. The van der Waals surface area contributed by atoms with Crippen LogP contribution in [0.3, 0.4) is 0 Å². The van der Waals surface area contributed by atoms with E-state index in [2.05, 4.69) is 49.4 Å². The fraction of sp³-hybridized carbons (Fsp3) is 0.217. The summed E-state index contributed by atoms with van der Waals surface area (Å²) in [5, 5.41) is 8.99. The Balaban J connectivity index is 1.51. The molecule has 1 aliphatic rings. The van der Waals surface area contributed by atoms with Gasteiger partial charge < -0.3 is 15.5 Å². The summed E-state index contributed by atoms with van der Waals surface area (Å²) in [5.41, 5.74) is 9.55. The molecular formula is C23H22N6O. The van der Waals surface area contributed by atoms with Gasteiger partial charge in [0.1, 0.15) is 5.82 Å². The Bertz CT molecular complexity index is 1120. The van der Waals surface area contributed by atoms with E-state index in [1.54, 1.807) is 12.4 Å². The molecule has 2 aromatic heterocycles. The molecule has 0 saturated carbocycles. The Morgan fingerprint density at radius 3 is 2.20 bits per heavy atom. The number of H-pyrrole nitrogens is 1. The molecular weight excluding hydrogens is 376 g/mol. The van der Waals surface area contributed by atoms with E-state index in [0.29, 0.717) is 13.2 Å². The zero-order valence-electron chi connectivity index (χ0n) is 16.5. The van der Waals surface area contributed by atoms with Crippen molar-refractivity contribution in [2.75, 3.05) is 18.9 Å². The SMILES string of the molecule is Nc1ncc(-c2ccc(C3(c4nnc(-c5ccccc5)[nH]4)CCOCC3)cc2)cn1. The predicted octanol–water partition coefficient (Wildman–Crippen LogP) is 3.61. The van der Waals surface area contributed by atoms with Crippen molar-refractivity contribution in [1.29, 1.82) is 0 Å². The summed E-state index contributed by atoms with van der Waals surface area (Å²) in [7, 11) is 0. The monoisotopic (exact) mass is 398 g/mol. The van der Waals surface area contributed by atoms with Crippen molar-refractivity contribution in [3.63, 3.8) is 0 Å². The van der Waals surface area contributed by atoms with Gasteiger partial charge in [0.2, 0.25) is 5.95 Å². The maximum Gasteiger partial charge on any atom is 0.219 e. The number of aromatic amines is 1. The lowest BCUT2D eigenvalue weighted by atomic mass is 9.73. The molecule has 5 rings (SSSR count). The summed E-state index contributed by atoms with van der Waals surface area (Å²) in [6.07, 6.45) is 5.18. The largest absolute Gasteiger partial charge is 0.381 e. The van der Waals surface area contributed by atoms with Gasteiger partial charge in [-0.25, -0.2) is 9.97 Å². The van der Waals surface area contributed by atoms with Gasteiger partial charge in [0.15, 0.2) is 5.82 Å². The molecule has 1 saturated heterocycles. The lowest BCUT2D eigenvalue weighted by Gasteiger charge is -2.35. The molecule has 0 unspecified atom stereocenters. The van der Waals surface area contributed by atoms with Gasteiger partial charge in [0, 0.05) is 36.7 Å². The molecule has 30 heavy (non-hydrogen) atoms. The van der Waals surface area contributed by atoms with Gasteiger partial charge in [-0.1, -0.05) is 54.6 Å². The summed E-state index contributed by atoms with van der Waals surface area (Å²) in [5.74, 6) is 1.94. The van der Waals surface area contributed by atoms with Gasteiger partial charge in [-0.3, -0.25) is 0 Å². The second-order valence-corrected chi connectivity index (χ2v) is 7.49. The first kappa shape index (κ1) is 18.4. The van der Waals surface area contributed by atoms with E-state index in [-0.39, 0.29) is 11.4 Å². The first-order chi connectivity index (χ1) is 14.7. The Morgan fingerprint density at radius 2 is 1.50 bits per heavy atom. The topological polar surface area (TPSA) is 103 Å². The van der Waals surface area contributed by atoms with Crippen LogP contribution in [-0.4, -0.2) is 38.4 Å². The third-order valence-electron chi connectivity index (χ3n) is 5.78. The van der Waals surface area contributed by atoms with Crippen molar-refractivity contribution in [3.8, 4) is 22.5 Å². The highest BCUT2D eigenvalue weighted by molar-refractivity contribution is 5.63. The summed E-state index contributed by atoms with van der Waals surface area (Å²) < 4.78 is 5.67. The van der Waals surface area contributed by atoms with Crippen molar-refractivity contribution in [3.05, 3.63) is 78.4 Å². The average Bonchev–Trinajstić information content (AvgIpc) is 3.32. The van der Waals surface area contributed by atoms with Crippen molar-refractivity contribution >= 4 is 5.95 Å². The first-order valence-electron chi connectivity index (χ1n) is 9.99. The number of hydrogen-bond acceptors (Lipinski definition) is 6. The number of nitrogens with one attached hydrogen (secondary N) is 1. The zero-order chi connectivity index (χ0) is 20.4. The normalized spacial score (nSPS) is 15.7. The molecule has 2 aromatic carbocycles. The molecule has 3 heterocycles. The fourth-order valence-electron chi connectivity index (χ4n) is 4.05. The summed E-state index contributed by atoms with van der Waals surface area (Å²) in [6, 6.07) is 18.6. The highest BCUT2D eigenvalue weighted by Gasteiger charge is 2.39. The number of rotatable bonds is 4. The molecule has 150 valence electrons. The van der Waals surface area contributed by atoms with E-state index in [0.717, 1.165) is 41.2 Å². The van der Waals surface area contributed by atoms with Crippen LogP contribution in [0.2, 0.25) is 0 Å². The third kappa shape index (κ3) is 3.33. The van der Waals surface area contributed by atoms with Crippen LogP contribution in [0.4, 0.5) is 5.95 Å². The Kier molecular flexibility index (Phi) is 4.72. The van der Waals surface area contributed by atoms with Gasteiger partial charge in [0.25, 0.3) is 0 Å². The number of benzene rings is 2. The van der Waals surface area contributed by atoms with Gasteiger partial charge in [0.05, 0.1) is 5.41 Å². The standard InChI is InChI=1S/C23H22N6O/c24-22-25-14-18(15-26-22)16-6-8-19(9-7-16)23(10-12-30-13-11-23)21-27-20(28-29-21)17-4-2-1-3-5-17/h1-9,14-15H,10-13H2,(H2,24,25,26)(H,27,28,29). The Hall–Kier alpha value is -3.58. The van der Waals surface area contributed by atoms with Gasteiger partial charge >= 0.3 is 0 Å². The first-order valence-corrected chi connectivity index (χ1v) is 9.99. The van der Waals surface area contributed by atoms with Crippen LogP contribution in [0.1, 0.15) is 24.2 Å². The summed E-state index contributed by atoms with van der Waals surface area (Å²) in [4.78, 5) is 11.7. The number of ether oxygens (including phenoxy) is 1. The lowest BCUT2D eigenvalue weighted by Crippen LogP contribution is -2.36. The molecule has 0 spiro atoms. The minimum absolute atomic E-state index is 0.256. The van der Waals surface area contributed by atoms with E-state index in [4.69, 9.17) is 10.5 Å². The van der Waals surface area contributed by atoms with Crippen LogP contribution in [0.5, 0.6) is 0 Å². The molecule has 0 bridgehead atoms. The van der Waals surface area contributed by atoms with Gasteiger partial charge in [-0.15, -0.1) is 10.2 Å². The highest BCUT2D eigenvalue weighted by atomic mass is 16.5. The Labute approximate surface area is 174 Å². The molecule has 0 aliphatic carbocycles. The summed E-state index contributed by atoms with van der Waals surface area (Å²) in [6.45, 7) is 1.38. The number of nitrogens with two attached hydrogens (primary N) is 1. The molecule has 1 fully saturated rings. The minimum atomic E-state index is -0.256. The van der Waals surface area contributed by atoms with E-state index in [9.17, 15) is 0 Å². The van der Waals surface area contributed by atoms with Crippen molar-refractivity contribution < 1.29 is 4.74 Å². The zero-order valence-corrected chi connectivity index (χ0v) is 16.5. The molecule has 0 amide bonds. The van der Waals surface area contributed by atoms with Crippen molar-refractivity contribution in [1.82, 2.24) is 25.1 Å². The quantitative estimate of drug-likeness (QED) is 0.544. The van der Waals surface area contributed by atoms with Crippen LogP contribution in [0.25, 0.3) is 22.5 Å². The second kappa shape index (κ2) is 7.68. The number of nitrogen functional groups attached to an aromatic ring is 1. The van der Waals surface area contributed by atoms with Crippen LogP contribution in [0, 0.1) is 0 Å². The maximum atomic E-state index is 5.67. The average molecular weight is 398 g/mol. The number of aromatic nitrogens is 5. The summed E-state index contributed by atoms with van der Waals surface area (Å²) >= 11 is 0. The minimum Gasteiger partial charge on any atom is -0.381 e. The van der Waals surface area contributed by atoms with Crippen LogP contribution in [-0.2, 0) is 10.2 Å². The number of nitrogens with zero attached hydrogens (tertiary/aromatic N) is 4. The molecule has 4 aromatic rings. The molecule has 1 aliphatic heterocycles.